The molecule has 4 atom stereocenters. The molecule has 1 aromatic rings. The first-order chi connectivity index (χ1) is 23.4. The number of aromatic hydroxyl groups is 1. The van der Waals surface area contributed by atoms with Crippen molar-refractivity contribution >= 4 is 5.97 Å². The predicted molar refractivity (Wildman–Crippen MR) is 210 cm³/mol. The average Bonchev–Trinajstić information content (AvgIpc) is 3.05. The summed E-state index contributed by atoms with van der Waals surface area (Å²) < 4.78 is 13.1. The third kappa shape index (κ3) is 16.0. The van der Waals surface area contributed by atoms with Crippen LogP contribution in [0.5, 0.6) is 11.5 Å². The number of esters is 1. The van der Waals surface area contributed by atoms with Gasteiger partial charge >= 0.3 is 5.97 Å². The average molecular weight is 685 g/mol. The van der Waals surface area contributed by atoms with Crippen molar-refractivity contribution in [1.29, 1.82) is 0 Å². The molecule has 1 aromatic carbocycles. The Morgan fingerprint density at radius 3 is 1.73 bits per heavy atom. The van der Waals surface area contributed by atoms with Gasteiger partial charge in [-0.05, 0) is 81.4 Å². The molecule has 49 heavy (non-hydrogen) atoms. The first kappa shape index (κ1) is 43.5. The van der Waals surface area contributed by atoms with Gasteiger partial charge in [0, 0.05) is 18.4 Å². The third-order valence-electron chi connectivity index (χ3n) is 11.7. The van der Waals surface area contributed by atoms with Crippen molar-refractivity contribution in [3.8, 4) is 11.5 Å². The summed E-state index contributed by atoms with van der Waals surface area (Å²) in [4.78, 5) is 13.2. The molecule has 1 N–H and O–H groups in total. The van der Waals surface area contributed by atoms with E-state index < -0.39 is 5.60 Å². The molecule has 2 rings (SSSR count). The lowest BCUT2D eigenvalue weighted by Gasteiger charge is -2.43. The Labute approximate surface area is 304 Å². The number of carbonyl (C=O) groups excluding carboxylic acids is 1. The SMILES string of the molecule is CCCCCCCCCCCCCCCC(=O)OC1Cc2c(C)c(O)c(C)c(C)c2O[C@@]1(C)CCC[C@H](C)CCC[C@@H](C)CCCC(C)C. The van der Waals surface area contributed by atoms with E-state index in [1.54, 1.807) is 0 Å². The van der Waals surface area contributed by atoms with Crippen LogP contribution >= 0.6 is 0 Å². The van der Waals surface area contributed by atoms with Crippen LogP contribution < -0.4 is 4.74 Å². The first-order valence-electron chi connectivity index (χ1n) is 21.1. The highest BCUT2D eigenvalue weighted by Gasteiger charge is 2.44. The van der Waals surface area contributed by atoms with Crippen LogP contribution in [0.4, 0.5) is 0 Å². The normalized spacial score (nSPS) is 18.7. The van der Waals surface area contributed by atoms with Gasteiger partial charge in [0.25, 0.3) is 0 Å². The summed E-state index contributed by atoms with van der Waals surface area (Å²) >= 11 is 0. The number of hydrogen-bond acceptors (Lipinski definition) is 4. The number of hydrogen-bond donors (Lipinski definition) is 1. The van der Waals surface area contributed by atoms with Gasteiger partial charge in [-0.2, -0.15) is 0 Å². The molecule has 4 heteroatoms. The van der Waals surface area contributed by atoms with Gasteiger partial charge in [-0.15, -0.1) is 0 Å². The van der Waals surface area contributed by atoms with Crippen molar-refractivity contribution in [2.24, 2.45) is 17.8 Å². The highest BCUT2D eigenvalue weighted by atomic mass is 16.6. The maximum atomic E-state index is 13.2. The minimum atomic E-state index is -0.579. The summed E-state index contributed by atoms with van der Waals surface area (Å²) in [6.45, 7) is 19.9. The molecule has 0 bridgehead atoms. The maximum Gasteiger partial charge on any atom is 0.306 e. The second-order valence-corrected chi connectivity index (χ2v) is 17.0. The van der Waals surface area contributed by atoms with Gasteiger partial charge < -0.3 is 14.6 Å². The van der Waals surface area contributed by atoms with Crippen molar-refractivity contribution in [1.82, 2.24) is 0 Å². The molecule has 0 saturated carbocycles. The Kier molecular flexibility index (Phi) is 21.0. The Bertz CT molecular complexity index is 1060. The van der Waals surface area contributed by atoms with Crippen LogP contribution in [0.25, 0.3) is 0 Å². The van der Waals surface area contributed by atoms with E-state index in [1.807, 2.05) is 20.8 Å². The number of carbonyl (C=O) groups is 1. The largest absolute Gasteiger partial charge is 0.507 e. The Morgan fingerprint density at radius 1 is 0.714 bits per heavy atom. The van der Waals surface area contributed by atoms with Crippen LogP contribution in [0.15, 0.2) is 0 Å². The van der Waals surface area contributed by atoms with E-state index in [1.165, 1.54) is 116 Å². The van der Waals surface area contributed by atoms with Crippen LogP contribution in [0, 0.1) is 38.5 Å². The molecule has 0 aliphatic carbocycles. The minimum absolute atomic E-state index is 0.104. The fourth-order valence-electron chi connectivity index (χ4n) is 7.92. The van der Waals surface area contributed by atoms with E-state index in [0.717, 1.165) is 65.5 Å². The van der Waals surface area contributed by atoms with Gasteiger partial charge in [0.2, 0.25) is 0 Å². The van der Waals surface area contributed by atoms with Crippen molar-refractivity contribution in [3.05, 3.63) is 22.3 Å². The van der Waals surface area contributed by atoms with Gasteiger partial charge in [-0.25, -0.2) is 0 Å². The van der Waals surface area contributed by atoms with E-state index in [0.29, 0.717) is 24.5 Å². The fourth-order valence-corrected chi connectivity index (χ4v) is 7.92. The zero-order chi connectivity index (χ0) is 36.2. The van der Waals surface area contributed by atoms with E-state index in [9.17, 15) is 9.90 Å². The summed E-state index contributed by atoms with van der Waals surface area (Å²) in [6.07, 6.45) is 28.6. The van der Waals surface area contributed by atoms with Crippen molar-refractivity contribution in [2.45, 2.75) is 228 Å². The molecule has 1 unspecified atom stereocenters. The highest BCUT2D eigenvalue weighted by molar-refractivity contribution is 5.70. The molecule has 0 radical (unpaired) electrons. The first-order valence-corrected chi connectivity index (χ1v) is 21.1. The van der Waals surface area contributed by atoms with Gasteiger partial charge in [-0.3, -0.25) is 4.79 Å². The van der Waals surface area contributed by atoms with Crippen molar-refractivity contribution < 1.29 is 19.4 Å². The van der Waals surface area contributed by atoms with Gasteiger partial charge in [0.05, 0.1) is 0 Å². The summed E-state index contributed by atoms with van der Waals surface area (Å²) in [5.74, 6) is 3.44. The molecule has 1 heterocycles. The Hall–Kier alpha value is -1.71. The topological polar surface area (TPSA) is 55.8 Å². The van der Waals surface area contributed by atoms with Gasteiger partial charge in [0.15, 0.2) is 0 Å². The fraction of sp³-hybridized carbons (Fsp3) is 0.844. The molecule has 4 nitrogen and oxygen atoms in total. The summed E-state index contributed by atoms with van der Waals surface area (Å²) in [7, 11) is 0. The Balaban J connectivity index is 1.84. The lowest BCUT2D eigenvalue weighted by Crippen LogP contribution is -2.51. The number of phenolic OH excluding ortho intramolecular Hbond substituents is 1. The summed E-state index contributed by atoms with van der Waals surface area (Å²) in [5, 5.41) is 10.8. The molecular weight excluding hydrogens is 604 g/mol. The monoisotopic (exact) mass is 685 g/mol. The van der Waals surface area contributed by atoms with Crippen molar-refractivity contribution in [2.75, 3.05) is 0 Å². The molecule has 0 saturated heterocycles. The van der Waals surface area contributed by atoms with Crippen LogP contribution in [0.2, 0.25) is 0 Å². The predicted octanol–water partition coefficient (Wildman–Crippen LogP) is 13.8. The lowest BCUT2D eigenvalue weighted by molar-refractivity contribution is -0.163. The molecule has 0 aromatic heterocycles. The van der Waals surface area contributed by atoms with Crippen molar-refractivity contribution in [3.63, 3.8) is 0 Å². The smallest absolute Gasteiger partial charge is 0.306 e. The number of rotatable bonds is 27. The molecule has 0 fully saturated rings. The maximum absolute atomic E-state index is 13.2. The molecular formula is C45H80O4. The second kappa shape index (κ2) is 23.7. The zero-order valence-electron chi connectivity index (χ0n) is 34.0. The number of phenols is 1. The minimum Gasteiger partial charge on any atom is -0.507 e. The summed E-state index contributed by atoms with van der Waals surface area (Å²) in [6, 6.07) is 0. The lowest BCUT2D eigenvalue weighted by atomic mass is 9.81. The number of fused-ring (bicyclic) bond motifs is 1. The van der Waals surface area contributed by atoms with E-state index in [-0.39, 0.29) is 12.1 Å². The number of benzene rings is 1. The van der Waals surface area contributed by atoms with Crippen LogP contribution in [0.3, 0.4) is 0 Å². The molecule has 0 spiro atoms. The van der Waals surface area contributed by atoms with E-state index in [4.69, 9.17) is 9.47 Å². The van der Waals surface area contributed by atoms with Gasteiger partial charge in [0.1, 0.15) is 23.2 Å². The quantitative estimate of drug-likeness (QED) is 0.0740. The van der Waals surface area contributed by atoms with Gasteiger partial charge in [-0.1, -0.05) is 157 Å². The van der Waals surface area contributed by atoms with E-state index >= 15 is 0 Å². The molecule has 1 aliphatic heterocycles. The zero-order valence-corrected chi connectivity index (χ0v) is 34.0. The molecule has 0 amide bonds. The van der Waals surface area contributed by atoms with Crippen LogP contribution in [-0.4, -0.2) is 22.8 Å². The van der Waals surface area contributed by atoms with Crippen LogP contribution in [-0.2, 0) is 16.0 Å². The Morgan fingerprint density at radius 2 is 1.20 bits per heavy atom. The summed E-state index contributed by atoms with van der Waals surface area (Å²) in [5.41, 5.74) is 3.14. The van der Waals surface area contributed by atoms with Crippen LogP contribution in [0.1, 0.15) is 211 Å². The molecule has 284 valence electrons. The second-order valence-electron chi connectivity index (χ2n) is 17.0. The third-order valence-corrected chi connectivity index (χ3v) is 11.7. The number of unbranched alkanes of at least 4 members (excludes halogenated alkanes) is 12. The number of ether oxygens (including phenoxy) is 2. The van der Waals surface area contributed by atoms with E-state index in [2.05, 4.69) is 41.5 Å². The standard InChI is InChI=1S/C45H80O4/c1-10-11-12-13-14-15-16-17-18-19-20-21-22-31-42(46)48-41-33-40-39(8)43(47)37(6)38(7)44(40)49-45(41,9)32-25-30-36(5)29-24-28-35(4)27-23-26-34(2)3/h34-36,41,47H,10-33H2,1-9H3/t35-,36+,41?,45-/m0/s1. The highest BCUT2D eigenvalue weighted by Crippen LogP contribution is 2.45. The molecule has 1 aliphatic rings.